The molecule has 1 rings (SSSR count). The molecule has 3 N–H and O–H groups in total. The van der Waals surface area contributed by atoms with Crippen LogP contribution in [0.3, 0.4) is 0 Å². The fraction of sp³-hybridized carbons (Fsp3) is 0.889. The SMILES string of the molecule is CC[C@H](N)[C@@H]1CCCCNC1=O. The number of rotatable bonds is 2. The highest BCUT2D eigenvalue weighted by Gasteiger charge is 2.25. The third-order valence-corrected chi connectivity index (χ3v) is 2.57. The van der Waals surface area contributed by atoms with Crippen LogP contribution in [0.5, 0.6) is 0 Å². The first-order chi connectivity index (χ1) is 5.75. The van der Waals surface area contributed by atoms with Gasteiger partial charge in [0.2, 0.25) is 5.91 Å². The lowest BCUT2D eigenvalue weighted by molar-refractivity contribution is -0.125. The summed E-state index contributed by atoms with van der Waals surface area (Å²) in [4.78, 5) is 11.4. The molecule has 1 amide bonds. The summed E-state index contributed by atoms with van der Waals surface area (Å²) in [6.07, 6.45) is 4.06. The standard InChI is InChI=1S/C9H18N2O/c1-2-8(10)7-5-3-4-6-11-9(7)12/h7-8H,2-6,10H2,1H3,(H,11,12)/t7-,8-/m0/s1. The topological polar surface area (TPSA) is 55.1 Å². The van der Waals surface area contributed by atoms with Crippen LogP contribution in [-0.4, -0.2) is 18.5 Å². The zero-order valence-electron chi connectivity index (χ0n) is 7.68. The van der Waals surface area contributed by atoms with Crippen LogP contribution in [-0.2, 0) is 4.79 Å². The molecule has 0 aromatic rings. The highest BCUT2D eigenvalue weighted by atomic mass is 16.1. The minimum atomic E-state index is 0.0445. The Hall–Kier alpha value is -0.570. The van der Waals surface area contributed by atoms with E-state index in [1.165, 1.54) is 0 Å². The second kappa shape index (κ2) is 4.45. The van der Waals surface area contributed by atoms with Crippen LogP contribution in [0.1, 0.15) is 32.6 Å². The molecule has 1 fully saturated rings. The zero-order valence-corrected chi connectivity index (χ0v) is 7.68. The fourth-order valence-electron chi connectivity index (χ4n) is 1.66. The molecule has 1 aliphatic heterocycles. The van der Waals surface area contributed by atoms with Gasteiger partial charge in [-0.3, -0.25) is 4.79 Å². The third kappa shape index (κ3) is 2.21. The third-order valence-electron chi connectivity index (χ3n) is 2.57. The van der Waals surface area contributed by atoms with E-state index in [1.807, 2.05) is 6.92 Å². The van der Waals surface area contributed by atoms with Crippen LogP contribution in [0.2, 0.25) is 0 Å². The van der Waals surface area contributed by atoms with E-state index in [9.17, 15) is 4.79 Å². The van der Waals surface area contributed by atoms with Crippen molar-refractivity contribution in [1.82, 2.24) is 5.32 Å². The molecule has 70 valence electrons. The molecule has 0 spiro atoms. The van der Waals surface area contributed by atoms with Gasteiger partial charge < -0.3 is 11.1 Å². The summed E-state index contributed by atoms with van der Waals surface area (Å²) < 4.78 is 0. The molecular formula is C9H18N2O. The van der Waals surface area contributed by atoms with Crippen molar-refractivity contribution in [3.8, 4) is 0 Å². The van der Waals surface area contributed by atoms with E-state index in [4.69, 9.17) is 5.73 Å². The van der Waals surface area contributed by atoms with E-state index >= 15 is 0 Å². The van der Waals surface area contributed by atoms with Crippen LogP contribution in [0.15, 0.2) is 0 Å². The van der Waals surface area contributed by atoms with Gasteiger partial charge in [0.25, 0.3) is 0 Å². The van der Waals surface area contributed by atoms with Crippen molar-refractivity contribution in [1.29, 1.82) is 0 Å². The van der Waals surface area contributed by atoms with Crippen molar-refractivity contribution < 1.29 is 4.79 Å². The molecule has 0 radical (unpaired) electrons. The maximum atomic E-state index is 11.4. The van der Waals surface area contributed by atoms with E-state index in [0.29, 0.717) is 0 Å². The van der Waals surface area contributed by atoms with Crippen molar-refractivity contribution in [3.63, 3.8) is 0 Å². The van der Waals surface area contributed by atoms with Crippen molar-refractivity contribution >= 4 is 5.91 Å². The molecule has 0 aliphatic carbocycles. The van der Waals surface area contributed by atoms with Crippen molar-refractivity contribution in [2.75, 3.05) is 6.54 Å². The average molecular weight is 170 g/mol. The van der Waals surface area contributed by atoms with Gasteiger partial charge in [-0.1, -0.05) is 13.3 Å². The first-order valence-corrected chi connectivity index (χ1v) is 4.79. The van der Waals surface area contributed by atoms with Gasteiger partial charge in [0, 0.05) is 12.6 Å². The van der Waals surface area contributed by atoms with Crippen LogP contribution in [0.4, 0.5) is 0 Å². The summed E-state index contributed by atoms with van der Waals surface area (Å²) in [6.45, 7) is 2.86. The first-order valence-electron chi connectivity index (χ1n) is 4.79. The largest absolute Gasteiger partial charge is 0.356 e. The second-order valence-electron chi connectivity index (χ2n) is 3.47. The Morgan fingerprint density at radius 1 is 1.67 bits per heavy atom. The Morgan fingerprint density at radius 3 is 3.08 bits per heavy atom. The molecule has 1 heterocycles. The van der Waals surface area contributed by atoms with Crippen LogP contribution >= 0.6 is 0 Å². The number of amides is 1. The maximum Gasteiger partial charge on any atom is 0.224 e. The number of carbonyl (C=O) groups excluding carboxylic acids is 1. The molecule has 0 bridgehead atoms. The van der Waals surface area contributed by atoms with E-state index in [1.54, 1.807) is 0 Å². The summed E-state index contributed by atoms with van der Waals surface area (Å²) in [5.74, 6) is 0.208. The molecule has 3 nitrogen and oxygen atoms in total. The Balaban J connectivity index is 2.52. The minimum absolute atomic E-state index is 0.0445. The predicted octanol–water partition coefficient (Wildman–Crippen LogP) is 0.640. The van der Waals surface area contributed by atoms with Gasteiger partial charge >= 0.3 is 0 Å². The van der Waals surface area contributed by atoms with Gasteiger partial charge in [0.1, 0.15) is 0 Å². The monoisotopic (exact) mass is 170 g/mol. The highest BCUT2D eigenvalue weighted by molar-refractivity contribution is 5.79. The lowest BCUT2D eigenvalue weighted by Gasteiger charge is -2.18. The van der Waals surface area contributed by atoms with Crippen molar-refractivity contribution in [3.05, 3.63) is 0 Å². The van der Waals surface area contributed by atoms with E-state index in [-0.39, 0.29) is 17.9 Å². The molecule has 0 unspecified atom stereocenters. The molecule has 1 saturated heterocycles. The Kier molecular flexibility index (Phi) is 3.53. The van der Waals surface area contributed by atoms with Gasteiger partial charge in [0.15, 0.2) is 0 Å². The number of nitrogens with one attached hydrogen (secondary N) is 1. The van der Waals surface area contributed by atoms with Crippen LogP contribution < -0.4 is 11.1 Å². The van der Waals surface area contributed by atoms with E-state index in [2.05, 4.69) is 5.32 Å². The fourth-order valence-corrected chi connectivity index (χ4v) is 1.66. The summed E-state index contributed by atoms with van der Waals surface area (Å²) in [6, 6.07) is 0.0445. The van der Waals surface area contributed by atoms with Crippen molar-refractivity contribution in [2.45, 2.75) is 38.6 Å². The summed E-state index contributed by atoms with van der Waals surface area (Å²) >= 11 is 0. The predicted molar refractivity (Wildman–Crippen MR) is 48.6 cm³/mol. The molecular weight excluding hydrogens is 152 g/mol. The van der Waals surface area contributed by atoms with Gasteiger partial charge in [-0.15, -0.1) is 0 Å². The van der Waals surface area contributed by atoms with Gasteiger partial charge in [-0.05, 0) is 19.3 Å². The van der Waals surface area contributed by atoms with Gasteiger partial charge in [-0.25, -0.2) is 0 Å². The van der Waals surface area contributed by atoms with Crippen LogP contribution in [0, 0.1) is 5.92 Å². The lowest BCUT2D eigenvalue weighted by atomic mass is 9.93. The quantitative estimate of drug-likeness (QED) is 0.639. The maximum absolute atomic E-state index is 11.4. The minimum Gasteiger partial charge on any atom is -0.356 e. The molecule has 0 aromatic carbocycles. The zero-order chi connectivity index (χ0) is 8.97. The molecule has 1 aliphatic rings. The van der Waals surface area contributed by atoms with E-state index < -0.39 is 0 Å². The van der Waals surface area contributed by atoms with Gasteiger partial charge in [0.05, 0.1) is 5.92 Å². The normalized spacial score (nSPS) is 27.5. The Morgan fingerprint density at radius 2 is 2.42 bits per heavy atom. The number of carbonyl (C=O) groups is 1. The van der Waals surface area contributed by atoms with Gasteiger partial charge in [-0.2, -0.15) is 0 Å². The molecule has 2 atom stereocenters. The van der Waals surface area contributed by atoms with Crippen molar-refractivity contribution in [2.24, 2.45) is 11.7 Å². The smallest absolute Gasteiger partial charge is 0.224 e. The second-order valence-corrected chi connectivity index (χ2v) is 3.47. The molecule has 0 aromatic heterocycles. The molecule has 3 heteroatoms. The number of hydrogen-bond donors (Lipinski definition) is 2. The molecule has 12 heavy (non-hydrogen) atoms. The Bertz CT molecular complexity index is 159. The molecule has 0 saturated carbocycles. The summed E-state index contributed by atoms with van der Waals surface area (Å²) in [5, 5.41) is 2.89. The number of nitrogens with two attached hydrogens (primary N) is 1. The van der Waals surface area contributed by atoms with Crippen LogP contribution in [0.25, 0.3) is 0 Å². The lowest BCUT2D eigenvalue weighted by Crippen LogP contribution is -2.40. The van der Waals surface area contributed by atoms with E-state index in [0.717, 1.165) is 32.2 Å². The first kappa shape index (κ1) is 9.52. The summed E-state index contributed by atoms with van der Waals surface area (Å²) in [7, 11) is 0. The highest BCUT2D eigenvalue weighted by Crippen LogP contribution is 2.16. The average Bonchev–Trinajstić information content (AvgIpc) is 2.28. The number of hydrogen-bond acceptors (Lipinski definition) is 2. The Labute approximate surface area is 73.7 Å². The summed E-state index contributed by atoms with van der Waals surface area (Å²) in [5.41, 5.74) is 5.85.